The first kappa shape index (κ1) is 13.9. The Kier molecular flexibility index (Phi) is 3.55. The molecule has 0 aliphatic carbocycles. The summed E-state index contributed by atoms with van der Waals surface area (Å²) in [6.45, 7) is 0.0226. The van der Waals surface area contributed by atoms with Crippen molar-refractivity contribution in [3.8, 4) is 5.75 Å². The maximum absolute atomic E-state index is 12.5. The minimum Gasteiger partial charge on any atom is -0.486 e. The number of halogens is 3. The lowest BCUT2D eigenvalue weighted by Gasteiger charge is -2.07. The van der Waals surface area contributed by atoms with Gasteiger partial charge in [0, 0.05) is 10.8 Å². The number of hydrogen-bond acceptors (Lipinski definition) is 3. The summed E-state index contributed by atoms with van der Waals surface area (Å²) in [6, 6.07) is 13.3. The molecule has 0 aliphatic heterocycles. The molecular weight excluding hydrogens is 299 g/mol. The molecule has 0 amide bonds. The summed E-state index contributed by atoms with van der Waals surface area (Å²) in [6.07, 6.45) is -4.41. The number of aromatic nitrogens is 1. The molecule has 3 aromatic rings. The van der Waals surface area contributed by atoms with Crippen molar-refractivity contribution < 1.29 is 17.9 Å². The van der Waals surface area contributed by atoms with Gasteiger partial charge in [0.05, 0.1) is 0 Å². The Morgan fingerprint density at radius 2 is 1.81 bits per heavy atom. The maximum Gasteiger partial charge on any atom is 0.434 e. The van der Waals surface area contributed by atoms with Crippen LogP contribution in [-0.4, -0.2) is 4.98 Å². The predicted octanol–water partition coefficient (Wildman–Crippen LogP) is 4.89. The second kappa shape index (κ2) is 5.37. The van der Waals surface area contributed by atoms with Crippen LogP contribution in [0.1, 0.15) is 10.7 Å². The average molecular weight is 309 g/mol. The van der Waals surface area contributed by atoms with Crippen molar-refractivity contribution in [2.45, 2.75) is 12.8 Å². The molecule has 0 N–H and O–H groups in total. The van der Waals surface area contributed by atoms with Crippen molar-refractivity contribution in [2.24, 2.45) is 0 Å². The van der Waals surface area contributed by atoms with Crippen molar-refractivity contribution in [1.29, 1.82) is 0 Å². The molecule has 0 saturated carbocycles. The number of fused-ring (bicyclic) bond motifs is 1. The number of nitrogens with zero attached hydrogens (tertiary/aromatic N) is 1. The van der Waals surface area contributed by atoms with E-state index in [-0.39, 0.29) is 6.61 Å². The fraction of sp³-hybridized carbons (Fsp3) is 0.133. The molecular formula is C15H10F3NOS. The Labute approximate surface area is 122 Å². The highest BCUT2D eigenvalue weighted by molar-refractivity contribution is 7.09. The molecule has 2 nitrogen and oxygen atoms in total. The van der Waals surface area contributed by atoms with Gasteiger partial charge in [0.1, 0.15) is 17.4 Å². The maximum atomic E-state index is 12.5. The summed E-state index contributed by atoms with van der Waals surface area (Å²) in [4.78, 5) is 3.55. The number of hydrogen-bond donors (Lipinski definition) is 0. The predicted molar refractivity (Wildman–Crippen MR) is 75.4 cm³/mol. The number of thiazole rings is 1. The topological polar surface area (TPSA) is 22.1 Å². The molecule has 0 aliphatic rings. The van der Waals surface area contributed by atoms with Crippen LogP contribution in [0.3, 0.4) is 0 Å². The normalized spacial score (nSPS) is 11.8. The fourth-order valence-electron chi connectivity index (χ4n) is 1.97. The molecule has 6 heteroatoms. The highest BCUT2D eigenvalue weighted by Gasteiger charge is 2.33. The number of benzene rings is 2. The smallest absolute Gasteiger partial charge is 0.434 e. The summed E-state index contributed by atoms with van der Waals surface area (Å²) in [7, 11) is 0. The molecule has 0 spiro atoms. The van der Waals surface area contributed by atoms with E-state index in [1.54, 1.807) is 6.07 Å². The number of rotatable bonds is 3. The fourth-order valence-corrected chi connectivity index (χ4v) is 2.68. The zero-order chi connectivity index (χ0) is 14.9. The van der Waals surface area contributed by atoms with Crippen LogP contribution in [0.2, 0.25) is 0 Å². The van der Waals surface area contributed by atoms with Gasteiger partial charge in [0.2, 0.25) is 0 Å². The summed E-state index contributed by atoms with van der Waals surface area (Å²) < 4.78 is 43.0. The highest BCUT2D eigenvalue weighted by atomic mass is 32.1. The zero-order valence-corrected chi connectivity index (χ0v) is 11.5. The lowest BCUT2D eigenvalue weighted by atomic mass is 10.1. The van der Waals surface area contributed by atoms with Crippen LogP contribution in [0.4, 0.5) is 13.2 Å². The zero-order valence-electron chi connectivity index (χ0n) is 10.7. The minimum atomic E-state index is -4.41. The van der Waals surface area contributed by atoms with Crippen LogP contribution >= 0.6 is 11.3 Å². The molecule has 0 unspecified atom stereocenters. The quantitative estimate of drug-likeness (QED) is 0.687. The van der Waals surface area contributed by atoms with Gasteiger partial charge < -0.3 is 4.74 Å². The molecule has 21 heavy (non-hydrogen) atoms. The van der Waals surface area contributed by atoms with E-state index >= 15 is 0 Å². The Morgan fingerprint density at radius 3 is 2.57 bits per heavy atom. The summed E-state index contributed by atoms with van der Waals surface area (Å²) in [5.74, 6) is 0.636. The van der Waals surface area contributed by atoms with Crippen molar-refractivity contribution in [1.82, 2.24) is 4.98 Å². The Morgan fingerprint density at radius 1 is 1.05 bits per heavy atom. The van der Waals surface area contributed by atoms with Gasteiger partial charge in [-0.05, 0) is 11.5 Å². The largest absolute Gasteiger partial charge is 0.486 e. The molecule has 0 atom stereocenters. The third-order valence-corrected chi connectivity index (χ3v) is 3.77. The molecule has 1 aromatic heterocycles. The van der Waals surface area contributed by atoms with Gasteiger partial charge in [0.25, 0.3) is 0 Å². The molecule has 0 bridgehead atoms. The average Bonchev–Trinajstić information content (AvgIpc) is 2.94. The van der Waals surface area contributed by atoms with Gasteiger partial charge in [0.15, 0.2) is 5.69 Å². The molecule has 1 heterocycles. The van der Waals surface area contributed by atoms with Crippen LogP contribution in [0, 0.1) is 0 Å². The lowest BCUT2D eigenvalue weighted by Crippen LogP contribution is -2.06. The molecule has 3 rings (SSSR count). The molecule has 0 fully saturated rings. The van der Waals surface area contributed by atoms with Crippen LogP contribution in [0.25, 0.3) is 10.8 Å². The monoisotopic (exact) mass is 309 g/mol. The van der Waals surface area contributed by atoms with Crippen LogP contribution in [0.5, 0.6) is 5.75 Å². The second-order valence-electron chi connectivity index (χ2n) is 4.39. The first-order valence-corrected chi connectivity index (χ1v) is 7.04. The molecule has 0 radical (unpaired) electrons. The van der Waals surface area contributed by atoms with Crippen molar-refractivity contribution >= 4 is 22.1 Å². The first-order valence-electron chi connectivity index (χ1n) is 6.16. The van der Waals surface area contributed by atoms with Gasteiger partial charge in [-0.2, -0.15) is 13.2 Å². The van der Waals surface area contributed by atoms with Gasteiger partial charge >= 0.3 is 6.18 Å². The number of ether oxygens (including phenoxy) is 1. The van der Waals surface area contributed by atoms with E-state index in [0.717, 1.165) is 27.5 Å². The first-order chi connectivity index (χ1) is 10.0. The molecule has 108 valence electrons. The molecule has 2 aromatic carbocycles. The Balaban J connectivity index is 1.79. The van der Waals surface area contributed by atoms with Crippen LogP contribution in [0.15, 0.2) is 47.8 Å². The van der Waals surface area contributed by atoms with Crippen molar-refractivity contribution in [2.75, 3.05) is 0 Å². The van der Waals surface area contributed by atoms with Gasteiger partial charge in [-0.3, -0.25) is 0 Å². The third-order valence-electron chi connectivity index (χ3n) is 2.94. The summed E-state index contributed by atoms with van der Waals surface area (Å²) >= 11 is 0.945. The minimum absolute atomic E-state index is 0.0226. The van der Waals surface area contributed by atoms with E-state index in [1.807, 2.05) is 36.4 Å². The van der Waals surface area contributed by atoms with E-state index in [4.69, 9.17) is 4.74 Å². The van der Waals surface area contributed by atoms with E-state index in [0.29, 0.717) is 10.8 Å². The van der Waals surface area contributed by atoms with Gasteiger partial charge in [-0.25, -0.2) is 4.98 Å². The van der Waals surface area contributed by atoms with Crippen LogP contribution < -0.4 is 4.74 Å². The van der Waals surface area contributed by atoms with E-state index in [9.17, 15) is 13.2 Å². The standard InChI is InChI=1S/C15H10F3NOS/c16-15(17,18)13-9-21-14(19-13)8-20-12-7-3-5-10-4-1-2-6-11(10)12/h1-7,9H,8H2. The highest BCUT2D eigenvalue weighted by Crippen LogP contribution is 2.31. The second-order valence-corrected chi connectivity index (χ2v) is 5.33. The van der Waals surface area contributed by atoms with E-state index in [2.05, 4.69) is 4.98 Å². The van der Waals surface area contributed by atoms with Crippen LogP contribution in [-0.2, 0) is 12.8 Å². The SMILES string of the molecule is FC(F)(F)c1csc(COc2cccc3ccccc23)n1. The number of alkyl halides is 3. The van der Waals surface area contributed by atoms with Crippen molar-refractivity contribution in [3.63, 3.8) is 0 Å². The molecule has 0 saturated heterocycles. The lowest BCUT2D eigenvalue weighted by molar-refractivity contribution is -0.140. The van der Waals surface area contributed by atoms with Gasteiger partial charge in [-0.15, -0.1) is 11.3 Å². The third kappa shape index (κ3) is 3.00. The van der Waals surface area contributed by atoms with Crippen molar-refractivity contribution in [3.05, 3.63) is 58.5 Å². The van der Waals surface area contributed by atoms with Gasteiger partial charge in [-0.1, -0.05) is 36.4 Å². The van der Waals surface area contributed by atoms with E-state index < -0.39 is 11.9 Å². The Bertz CT molecular complexity index is 761. The summed E-state index contributed by atoms with van der Waals surface area (Å²) in [5.41, 5.74) is -0.871. The van der Waals surface area contributed by atoms with E-state index in [1.165, 1.54) is 0 Å². The Hall–Kier alpha value is -2.08. The summed E-state index contributed by atoms with van der Waals surface area (Å²) in [5, 5.41) is 3.25.